The Bertz CT molecular complexity index is 694. The van der Waals surface area contributed by atoms with Crippen molar-refractivity contribution in [3.8, 4) is 5.75 Å². The van der Waals surface area contributed by atoms with Crippen LogP contribution in [-0.2, 0) is 6.61 Å². The maximum absolute atomic E-state index is 12.6. The largest absolute Gasteiger partial charge is 0.488 e. The number of hydrogen-bond donors (Lipinski definition) is 2. The second-order valence-electron chi connectivity index (χ2n) is 6.23. The minimum Gasteiger partial charge on any atom is -0.488 e. The first-order valence-electron chi connectivity index (χ1n) is 8.52. The summed E-state index contributed by atoms with van der Waals surface area (Å²) < 4.78 is 5.94. The molecule has 4 heteroatoms. The molecule has 1 saturated heterocycles. The van der Waals surface area contributed by atoms with Crippen molar-refractivity contribution in [1.82, 2.24) is 10.6 Å². The molecule has 126 valence electrons. The van der Waals surface area contributed by atoms with Gasteiger partial charge in [0, 0.05) is 12.6 Å². The third-order valence-electron chi connectivity index (χ3n) is 4.41. The zero-order chi connectivity index (χ0) is 16.8. The normalized spacial score (nSPS) is 17.3. The van der Waals surface area contributed by atoms with Crippen LogP contribution in [0.2, 0.25) is 0 Å². The zero-order valence-electron chi connectivity index (χ0n) is 14.0. The van der Waals surface area contributed by atoms with E-state index in [2.05, 4.69) is 23.6 Å². The van der Waals surface area contributed by atoms with Gasteiger partial charge in [-0.05, 0) is 49.6 Å². The number of rotatable bonds is 5. The average Bonchev–Trinajstić information content (AvgIpc) is 2.62. The zero-order valence-corrected chi connectivity index (χ0v) is 14.0. The van der Waals surface area contributed by atoms with Gasteiger partial charge < -0.3 is 15.4 Å². The average molecular weight is 324 g/mol. The Hall–Kier alpha value is -2.33. The van der Waals surface area contributed by atoms with Crippen LogP contribution in [0.15, 0.2) is 48.5 Å². The van der Waals surface area contributed by atoms with Crippen LogP contribution in [0.4, 0.5) is 0 Å². The molecule has 0 unspecified atom stereocenters. The third-order valence-corrected chi connectivity index (χ3v) is 4.41. The SMILES string of the molecule is Cc1ccccc1COc1ccccc1C(=O)N[C@H]1CCCNC1. The van der Waals surface area contributed by atoms with Crippen LogP contribution in [0.25, 0.3) is 0 Å². The van der Waals surface area contributed by atoms with Gasteiger partial charge in [0.1, 0.15) is 12.4 Å². The van der Waals surface area contributed by atoms with Crippen LogP contribution >= 0.6 is 0 Å². The number of aryl methyl sites for hydroxylation is 1. The highest BCUT2D eigenvalue weighted by atomic mass is 16.5. The predicted molar refractivity (Wildman–Crippen MR) is 95.3 cm³/mol. The molecule has 0 radical (unpaired) electrons. The van der Waals surface area contributed by atoms with Crippen molar-refractivity contribution in [2.45, 2.75) is 32.4 Å². The van der Waals surface area contributed by atoms with E-state index in [1.165, 1.54) is 5.56 Å². The molecule has 24 heavy (non-hydrogen) atoms. The number of benzene rings is 2. The van der Waals surface area contributed by atoms with Gasteiger partial charge >= 0.3 is 0 Å². The lowest BCUT2D eigenvalue weighted by Gasteiger charge is -2.24. The maximum atomic E-state index is 12.6. The Morgan fingerprint density at radius 3 is 2.79 bits per heavy atom. The fraction of sp³-hybridized carbons (Fsp3) is 0.350. The van der Waals surface area contributed by atoms with Crippen molar-refractivity contribution >= 4 is 5.91 Å². The number of piperidine rings is 1. The van der Waals surface area contributed by atoms with Gasteiger partial charge in [-0.15, -0.1) is 0 Å². The number of nitrogens with one attached hydrogen (secondary N) is 2. The number of carbonyl (C=O) groups excluding carboxylic acids is 1. The van der Waals surface area contributed by atoms with Crippen molar-refractivity contribution in [3.63, 3.8) is 0 Å². The number of carbonyl (C=O) groups is 1. The van der Waals surface area contributed by atoms with Gasteiger partial charge in [0.05, 0.1) is 5.56 Å². The quantitative estimate of drug-likeness (QED) is 0.889. The Labute approximate surface area is 143 Å². The molecule has 0 bridgehead atoms. The summed E-state index contributed by atoms with van der Waals surface area (Å²) in [7, 11) is 0. The lowest BCUT2D eigenvalue weighted by Crippen LogP contribution is -2.45. The van der Waals surface area contributed by atoms with Crippen molar-refractivity contribution in [2.75, 3.05) is 13.1 Å². The number of hydrogen-bond acceptors (Lipinski definition) is 3. The molecule has 1 atom stereocenters. The molecule has 1 aliphatic heterocycles. The molecule has 0 saturated carbocycles. The van der Waals surface area contributed by atoms with Crippen molar-refractivity contribution in [3.05, 3.63) is 65.2 Å². The van der Waals surface area contributed by atoms with E-state index in [4.69, 9.17) is 4.74 Å². The molecule has 3 rings (SSSR count). The summed E-state index contributed by atoms with van der Waals surface area (Å²) in [5.74, 6) is 0.561. The second kappa shape index (κ2) is 7.97. The minimum absolute atomic E-state index is 0.0657. The highest BCUT2D eigenvalue weighted by molar-refractivity contribution is 5.97. The fourth-order valence-corrected chi connectivity index (χ4v) is 2.95. The van der Waals surface area contributed by atoms with E-state index in [9.17, 15) is 4.79 Å². The lowest BCUT2D eigenvalue weighted by atomic mass is 10.1. The topological polar surface area (TPSA) is 50.4 Å². The second-order valence-corrected chi connectivity index (χ2v) is 6.23. The Balaban J connectivity index is 1.68. The van der Waals surface area contributed by atoms with Crippen molar-refractivity contribution < 1.29 is 9.53 Å². The van der Waals surface area contributed by atoms with Gasteiger partial charge in [-0.2, -0.15) is 0 Å². The molecule has 2 aromatic rings. The van der Waals surface area contributed by atoms with E-state index in [0.717, 1.165) is 31.5 Å². The summed E-state index contributed by atoms with van der Waals surface area (Å²) in [6, 6.07) is 15.7. The first-order chi connectivity index (χ1) is 11.7. The van der Waals surface area contributed by atoms with Crippen molar-refractivity contribution in [2.24, 2.45) is 0 Å². The van der Waals surface area contributed by atoms with E-state index < -0.39 is 0 Å². The summed E-state index contributed by atoms with van der Waals surface area (Å²) >= 11 is 0. The summed E-state index contributed by atoms with van der Waals surface area (Å²) in [5.41, 5.74) is 2.91. The number of ether oxygens (including phenoxy) is 1. The first-order valence-corrected chi connectivity index (χ1v) is 8.52. The van der Waals surface area contributed by atoms with E-state index in [0.29, 0.717) is 17.9 Å². The molecule has 1 aliphatic rings. The Morgan fingerprint density at radius 2 is 2.00 bits per heavy atom. The van der Waals surface area contributed by atoms with Gasteiger partial charge in [-0.3, -0.25) is 4.79 Å². The molecule has 0 spiro atoms. The molecule has 2 aromatic carbocycles. The maximum Gasteiger partial charge on any atom is 0.255 e. The third kappa shape index (κ3) is 4.15. The molecular formula is C20H24N2O2. The van der Waals surface area contributed by atoms with Gasteiger partial charge in [-0.25, -0.2) is 0 Å². The van der Waals surface area contributed by atoms with E-state index in [-0.39, 0.29) is 11.9 Å². The van der Waals surface area contributed by atoms with E-state index >= 15 is 0 Å². The molecule has 0 aromatic heterocycles. The van der Waals surface area contributed by atoms with Crippen LogP contribution in [0.5, 0.6) is 5.75 Å². The van der Waals surface area contributed by atoms with Crippen LogP contribution in [0, 0.1) is 6.92 Å². The highest BCUT2D eigenvalue weighted by Gasteiger charge is 2.18. The molecule has 1 heterocycles. The molecule has 2 N–H and O–H groups in total. The summed E-state index contributed by atoms with van der Waals surface area (Å²) in [6.45, 7) is 4.38. The van der Waals surface area contributed by atoms with Crippen LogP contribution in [0.3, 0.4) is 0 Å². The lowest BCUT2D eigenvalue weighted by molar-refractivity contribution is 0.0926. The molecule has 1 fully saturated rings. The monoisotopic (exact) mass is 324 g/mol. The Morgan fingerprint density at radius 1 is 1.21 bits per heavy atom. The molecule has 1 amide bonds. The molecule has 4 nitrogen and oxygen atoms in total. The molecular weight excluding hydrogens is 300 g/mol. The first kappa shape index (κ1) is 16.5. The van der Waals surface area contributed by atoms with Crippen LogP contribution < -0.4 is 15.4 Å². The minimum atomic E-state index is -0.0657. The fourth-order valence-electron chi connectivity index (χ4n) is 2.95. The Kier molecular flexibility index (Phi) is 5.49. The smallest absolute Gasteiger partial charge is 0.255 e. The van der Waals surface area contributed by atoms with Gasteiger partial charge in [-0.1, -0.05) is 36.4 Å². The molecule has 0 aliphatic carbocycles. The highest BCUT2D eigenvalue weighted by Crippen LogP contribution is 2.20. The predicted octanol–water partition coefficient (Wildman–Crippen LogP) is 3.06. The van der Waals surface area contributed by atoms with Crippen LogP contribution in [-0.4, -0.2) is 25.0 Å². The van der Waals surface area contributed by atoms with E-state index in [1.54, 1.807) is 0 Å². The van der Waals surface area contributed by atoms with Gasteiger partial charge in [0.2, 0.25) is 0 Å². The summed E-state index contributed by atoms with van der Waals surface area (Å²) in [4.78, 5) is 12.6. The van der Waals surface area contributed by atoms with E-state index in [1.807, 2.05) is 42.5 Å². The van der Waals surface area contributed by atoms with Crippen LogP contribution in [0.1, 0.15) is 34.3 Å². The van der Waals surface area contributed by atoms with Gasteiger partial charge in [0.25, 0.3) is 5.91 Å². The number of para-hydroxylation sites is 1. The van der Waals surface area contributed by atoms with Crippen molar-refractivity contribution in [1.29, 1.82) is 0 Å². The number of amides is 1. The standard InChI is InChI=1S/C20H24N2O2/c1-15-7-2-3-8-16(15)14-24-19-11-5-4-10-18(19)20(23)22-17-9-6-12-21-13-17/h2-5,7-8,10-11,17,21H,6,9,12-14H2,1H3,(H,22,23)/t17-/m0/s1. The summed E-state index contributed by atoms with van der Waals surface area (Å²) in [5, 5.41) is 6.42. The summed E-state index contributed by atoms with van der Waals surface area (Å²) in [6.07, 6.45) is 2.11. The van der Waals surface area contributed by atoms with Gasteiger partial charge in [0.15, 0.2) is 0 Å².